The van der Waals surface area contributed by atoms with Gasteiger partial charge in [0.05, 0.1) is 23.9 Å². The van der Waals surface area contributed by atoms with Gasteiger partial charge in [-0.1, -0.05) is 72.7 Å². The number of nitrogens with one attached hydrogen (secondary N) is 2. The molecule has 0 radical (unpaired) electrons. The standard InChI is InChI=1S/C28H24N2O3S/c1-3-17-33-22-16-15-21(18-23(22)32-4-2)26-24(27(31)20-13-9-6-10-14-20)25(29-28(34)30-26)19-11-7-5-8-12-19/h1,5-16,18,26H,4,17H2,2H3,(H2,29,30,34)/t26-/m0/s1. The molecule has 170 valence electrons. The molecule has 0 aromatic heterocycles. The van der Waals surface area contributed by atoms with E-state index >= 15 is 0 Å². The summed E-state index contributed by atoms with van der Waals surface area (Å²) >= 11 is 5.54. The largest absolute Gasteiger partial charge is 0.490 e. The number of benzene rings is 3. The van der Waals surface area contributed by atoms with Crippen molar-refractivity contribution < 1.29 is 14.3 Å². The van der Waals surface area contributed by atoms with Crippen LogP contribution in [0, 0.1) is 12.3 Å². The highest BCUT2D eigenvalue weighted by molar-refractivity contribution is 7.80. The fourth-order valence-corrected chi connectivity index (χ4v) is 4.07. The Bertz CT molecular complexity index is 1260. The number of carbonyl (C=O) groups excluding carboxylic acids is 1. The SMILES string of the molecule is C#CCOc1ccc([C@@H]2NC(=S)NC(c3ccccc3)=C2C(=O)c2ccccc2)cc1OCC. The number of hydrogen-bond donors (Lipinski definition) is 2. The van der Waals surface area contributed by atoms with Crippen LogP contribution in [0.2, 0.25) is 0 Å². The van der Waals surface area contributed by atoms with Gasteiger partial charge in [0.1, 0.15) is 6.61 Å². The van der Waals surface area contributed by atoms with Gasteiger partial charge in [-0.2, -0.15) is 0 Å². The lowest BCUT2D eigenvalue weighted by Gasteiger charge is -2.32. The maximum Gasteiger partial charge on any atom is 0.193 e. The second kappa shape index (κ2) is 10.7. The Hall–Kier alpha value is -4.08. The van der Waals surface area contributed by atoms with Crippen LogP contribution < -0.4 is 20.1 Å². The molecule has 34 heavy (non-hydrogen) atoms. The highest BCUT2D eigenvalue weighted by Gasteiger charge is 2.33. The Morgan fingerprint density at radius 2 is 1.71 bits per heavy atom. The fraction of sp³-hybridized carbons (Fsp3) is 0.143. The third-order valence-corrected chi connectivity index (χ3v) is 5.55. The van der Waals surface area contributed by atoms with Gasteiger partial charge in [-0.3, -0.25) is 4.79 Å². The van der Waals surface area contributed by atoms with Gasteiger partial charge in [0.15, 0.2) is 22.4 Å². The van der Waals surface area contributed by atoms with E-state index < -0.39 is 6.04 Å². The third-order valence-electron chi connectivity index (χ3n) is 5.33. The van der Waals surface area contributed by atoms with E-state index in [9.17, 15) is 4.79 Å². The maximum atomic E-state index is 13.8. The van der Waals surface area contributed by atoms with Crippen LogP contribution in [-0.4, -0.2) is 24.1 Å². The van der Waals surface area contributed by atoms with Crippen LogP contribution in [0.1, 0.15) is 34.5 Å². The number of Topliss-reactive ketones (excluding diaryl/α,β-unsaturated/α-hetero) is 1. The molecule has 0 amide bonds. The summed E-state index contributed by atoms with van der Waals surface area (Å²) in [6.45, 7) is 2.48. The van der Waals surface area contributed by atoms with Crippen molar-refractivity contribution in [2.45, 2.75) is 13.0 Å². The minimum atomic E-state index is -0.502. The summed E-state index contributed by atoms with van der Waals surface area (Å²) in [5.74, 6) is 3.46. The van der Waals surface area contributed by atoms with E-state index in [0.29, 0.717) is 40.1 Å². The second-order valence-corrected chi connectivity index (χ2v) is 7.92. The van der Waals surface area contributed by atoms with Crippen molar-refractivity contribution in [2.24, 2.45) is 0 Å². The molecule has 0 aliphatic carbocycles. The van der Waals surface area contributed by atoms with E-state index in [4.69, 9.17) is 28.1 Å². The second-order valence-electron chi connectivity index (χ2n) is 7.51. The lowest BCUT2D eigenvalue weighted by molar-refractivity contribution is 0.102. The highest BCUT2D eigenvalue weighted by Crippen LogP contribution is 2.37. The molecule has 1 aliphatic rings. The van der Waals surface area contributed by atoms with Crippen molar-refractivity contribution in [3.05, 3.63) is 101 Å². The molecule has 0 fully saturated rings. The van der Waals surface area contributed by atoms with Gasteiger partial charge in [-0.05, 0) is 42.4 Å². The molecule has 0 unspecified atom stereocenters. The molecule has 1 heterocycles. The van der Waals surface area contributed by atoms with Crippen molar-refractivity contribution >= 4 is 28.8 Å². The number of rotatable bonds is 8. The van der Waals surface area contributed by atoms with Gasteiger partial charge in [0.25, 0.3) is 0 Å². The predicted octanol–water partition coefficient (Wildman–Crippen LogP) is 4.91. The maximum absolute atomic E-state index is 13.8. The third kappa shape index (κ3) is 4.95. The molecule has 1 atom stereocenters. The first-order chi connectivity index (χ1) is 16.6. The average molecular weight is 469 g/mol. The Labute approximate surface area is 204 Å². The molecule has 6 heteroatoms. The van der Waals surface area contributed by atoms with Crippen molar-refractivity contribution in [1.29, 1.82) is 0 Å². The first kappa shape index (κ1) is 23.1. The molecule has 1 aliphatic heterocycles. The molecule has 5 nitrogen and oxygen atoms in total. The summed E-state index contributed by atoms with van der Waals surface area (Å²) in [6, 6.07) is 24.0. The average Bonchev–Trinajstić information content (AvgIpc) is 2.88. The topological polar surface area (TPSA) is 59.6 Å². The summed E-state index contributed by atoms with van der Waals surface area (Å²) in [5.41, 5.74) is 3.51. The zero-order valence-corrected chi connectivity index (χ0v) is 19.5. The molecule has 0 bridgehead atoms. The van der Waals surface area contributed by atoms with Crippen LogP contribution in [-0.2, 0) is 0 Å². The van der Waals surface area contributed by atoms with E-state index in [2.05, 4.69) is 16.6 Å². The minimum absolute atomic E-state index is 0.0995. The number of thiocarbonyl (C=S) groups is 1. The Morgan fingerprint density at radius 3 is 2.38 bits per heavy atom. The number of terminal acetylenes is 1. The number of ketones is 1. The Balaban J connectivity index is 1.88. The van der Waals surface area contributed by atoms with Crippen LogP contribution in [0.15, 0.2) is 84.4 Å². The van der Waals surface area contributed by atoms with Gasteiger partial charge >= 0.3 is 0 Å². The Kier molecular flexibility index (Phi) is 7.26. The monoisotopic (exact) mass is 468 g/mol. The highest BCUT2D eigenvalue weighted by atomic mass is 32.1. The van der Waals surface area contributed by atoms with Gasteiger partial charge in [-0.15, -0.1) is 6.42 Å². The molecular weight excluding hydrogens is 444 g/mol. The minimum Gasteiger partial charge on any atom is -0.490 e. The van der Waals surface area contributed by atoms with E-state index in [1.54, 1.807) is 6.07 Å². The van der Waals surface area contributed by atoms with Crippen LogP contribution in [0.5, 0.6) is 11.5 Å². The van der Waals surface area contributed by atoms with Gasteiger partial charge in [0.2, 0.25) is 0 Å². The van der Waals surface area contributed by atoms with Crippen LogP contribution in [0.3, 0.4) is 0 Å². The smallest absolute Gasteiger partial charge is 0.193 e. The summed E-state index contributed by atoms with van der Waals surface area (Å²) < 4.78 is 11.5. The van der Waals surface area contributed by atoms with Crippen molar-refractivity contribution in [1.82, 2.24) is 10.6 Å². The van der Waals surface area contributed by atoms with Gasteiger partial charge in [-0.25, -0.2) is 0 Å². The summed E-state index contributed by atoms with van der Waals surface area (Å²) in [5, 5.41) is 6.92. The van der Waals surface area contributed by atoms with Gasteiger partial charge in [0, 0.05) is 5.56 Å². The molecule has 0 spiro atoms. The normalized spacial score (nSPS) is 15.1. The Morgan fingerprint density at radius 1 is 1.00 bits per heavy atom. The van der Waals surface area contributed by atoms with Crippen LogP contribution in [0.25, 0.3) is 5.70 Å². The molecule has 3 aromatic rings. The predicted molar refractivity (Wildman–Crippen MR) is 138 cm³/mol. The van der Waals surface area contributed by atoms with Crippen molar-refractivity contribution in [2.75, 3.05) is 13.2 Å². The van der Waals surface area contributed by atoms with Crippen molar-refractivity contribution in [3.8, 4) is 23.8 Å². The molecule has 3 aromatic carbocycles. The molecule has 2 N–H and O–H groups in total. The lowest BCUT2D eigenvalue weighted by atomic mass is 9.87. The van der Waals surface area contributed by atoms with Crippen molar-refractivity contribution in [3.63, 3.8) is 0 Å². The summed E-state index contributed by atoms with van der Waals surface area (Å²) in [4.78, 5) is 13.8. The fourth-order valence-electron chi connectivity index (χ4n) is 3.85. The van der Waals surface area contributed by atoms with Crippen LogP contribution in [0.4, 0.5) is 0 Å². The van der Waals surface area contributed by atoms with Gasteiger partial charge < -0.3 is 20.1 Å². The molecule has 0 saturated carbocycles. The van der Waals surface area contributed by atoms with E-state index in [-0.39, 0.29) is 12.4 Å². The van der Waals surface area contributed by atoms with E-state index in [1.807, 2.05) is 79.7 Å². The van der Waals surface area contributed by atoms with E-state index in [0.717, 1.165) is 11.1 Å². The van der Waals surface area contributed by atoms with Crippen LogP contribution >= 0.6 is 12.2 Å². The lowest BCUT2D eigenvalue weighted by Crippen LogP contribution is -2.44. The number of carbonyl (C=O) groups is 1. The molecular formula is C28H24N2O3S. The summed E-state index contributed by atoms with van der Waals surface area (Å²) in [6.07, 6.45) is 5.35. The quantitative estimate of drug-likeness (QED) is 0.278. The summed E-state index contributed by atoms with van der Waals surface area (Å²) in [7, 11) is 0. The molecule has 4 rings (SSSR count). The number of hydrogen-bond acceptors (Lipinski definition) is 4. The van der Waals surface area contributed by atoms with E-state index in [1.165, 1.54) is 0 Å². The molecule has 0 saturated heterocycles. The number of ether oxygens (including phenoxy) is 2. The first-order valence-electron chi connectivity index (χ1n) is 10.9. The zero-order valence-electron chi connectivity index (χ0n) is 18.7. The first-order valence-corrected chi connectivity index (χ1v) is 11.3. The zero-order chi connectivity index (χ0) is 23.9.